The fourth-order valence-corrected chi connectivity index (χ4v) is 2.66. The Morgan fingerprint density at radius 3 is 3.00 bits per heavy atom. The number of thioether (sulfide) groups is 1. The van der Waals surface area contributed by atoms with E-state index in [1.54, 1.807) is 17.8 Å². The van der Waals surface area contributed by atoms with Crippen LogP contribution in [0.15, 0.2) is 53.8 Å². The Hall–Kier alpha value is -2.32. The molecule has 1 aromatic carbocycles. The van der Waals surface area contributed by atoms with E-state index in [1.165, 1.54) is 0 Å². The molecular formula is C14H10N4S. The molecule has 92 valence electrons. The van der Waals surface area contributed by atoms with E-state index in [1.807, 2.05) is 47.0 Å². The predicted octanol–water partition coefficient (Wildman–Crippen LogP) is 2.89. The number of benzene rings is 1. The van der Waals surface area contributed by atoms with Gasteiger partial charge in [-0.2, -0.15) is 5.26 Å². The normalized spacial score (nSPS) is 10.5. The molecule has 0 spiro atoms. The molecule has 19 heavy (non-hydrogen) atoms. The summed E-state index contributed by atoms with van der Waals surface area (Å²) in [5.74, 6) is 0.769. The number of aromatic nitrogens is 3. The Balaban J connectivity index is 1.81. The molecule has 0 saturated carbocycles. The predicted molar refractivity (Wildman–Crippen MR) is 73.7 cm³/mol. The first-order valence-electron chi connectivity index (χ1n) is 5.78. The Morgan fingerprint density at radius 1 is 1.16 bits per heavy atom. The molecule has 4 nitrogen and oxygen atoms in total. The minimum absolute atomic E-state index is 0.684. The van der Waals surface area contributed by atoms with Gasteiger partial charge in [0.1, 0.15) is 0 Å². The first-order chi connectivity index (χ1) is 9.36. The summed E-state index contributed by atoms with van der Waals surface area (Å²) in [4.78, 5) is 0. The van der Waals surface area contributed by atoms with Crippen LogP contribution in [0.5, 0.6) is 0 Å². The van der Waals surface area contributed by atoms with Gasteiger partial charge in [0, 0.05) is 11.9 Å². The van der Waals surface area contributed by atoms with Crippen LogP contribution >= 0.6 is 11.8 Å². The average Bonchev–Trinajstić information content (AvgIpc) is 2.89. The Bertz CT molecular complexity index is 757. The first-order valence-corrected chi connectivity index (χ1v) is 6.77. The summed E-state index contributed by atoms with van der Waals surface area (Å²) in [6.07, 6.45) is 1.95. The summed E-state index contributed by atoms with van der Waals surface area (Å²) >= 11 is 1.61. The van der Waals surface area contributed by atoms with Gasteiger partial charge in [-0.3, -0.25) is 4.40 Å². The number of hydrogen-bond acceptors (Lipinski definition) is 4. The van der Waals surface area contributed by atoms with Crippen LogP contribution in [0, 0.1) is 11.3 Å². The average molecular weight is 266 g/mol. The lowest BCUT2D eigenvalue weighted by atomic mass is 10.2. The summed E-state index contributed by atoms with van der Waals surface area (Å²) in [5, 5.41) is 18.0. The van der Waals surface area contributed by atoms with Crippen molar-refractivity contribution in [1.29, 1.82) is 5.26 Å². The van der Waals surface area contributed by atoms with Gasteiger partial charge in [-0.05, 0) is 29.8 Å². The topological polar surface area (TPSA) is 54.0 Å². The zero-order chi connectivity index (χ0) is 13.1. The van der Waals surface area contributed by atoms with Crippen molar-refractivity contribution in [1.82, 2.24) is 14.6 Å². The number of rotatable bonds is 3. The number of pyridine rings is 1. The quantitative estimate of drug-likeness (QED) is 0.684. The summed E-state index contributed by atoms with van der Waals surface area (Å²) in [6, 6.07) is 15.6. The van der Waals surface area contributed by atoms with Crippen LogP contribution in [0.1, 0.15) is 11.1 Å². The van der Waals surface area contributed by atoms with Crippen LogP contribution in [-0.4, -0.2) is 14.6 Å². The third kappa shape index (κ3) is 2.44. The van der Waals surface area contributed by atoms with Crippen molar-refractivity contribution in [2.45, 2.75) is 10.9 Å². The van der Waals surface area contributed by atoms with Crippen molar-refractivity contribution in [2.75, 3.05) is 0 Å². The summed E-state index contributed by atoms with van der Waals surface area (Å²) in [5.41, 5.74) is 2.64. The molecule has 2 heterocycles. The van der Waals surface area contributed by atoms with Gasteiger partial charge >= 0.3 is 0 Å². The van der Waals surface area contributed by atoms with E-state index >= 15 is 0 Å². The molecule has 2 aromatic heterocycles. The van der Waals surface area contributed by atoms with E-state index < -0.39 is 0 Å². The fourth-order valence-electron chi connectivity index (χ4n) is 1.80. The third-order valence-electron chi connectivity index (χ3n) is 2.71. The Labute approximate surface area is 114 Å². The molecule has 0 radical (unpaired) electrons. The van der Waals surface area contributed by atoms with Crippen molar-refractivity contribution < 1.29 is 0 Å². The highest BCUT2D eigenvalue weighted by molar-refractivity contribution is 7.98. The fraction of sp³-hybridized carbons (Fsp3) is 0.0714. The van der Waals surface area contributed by atoms with E-state index in [0.717, 1.165) is 22.1 Å². The SMILES string of the molecule is N#Cc1cccc(CSc2nnc3ccccn23)c1. The van der Waals surface area contributed by atoms with Crippen molar-refractivity contribution in [3.8, 4) is 6.07 Å². The molecule has 0 atom stereocenters. The first kappa shape index (κ1) is 11.8. The monoisotopic (exact) mass is 266 g/mol. The van der Waals surface area contributed by atoms with E-state index in [0.29, 0.717) is 5.56 Å². The van der Waals surface area contributed by atoms with Crippen molar-refractivity contribution in [3.05, 3.63) is 59.8 Å². The van der Waals surface area contributed by atoms with Crippen LogP contribution in [0.25, 0.3) is 5.65 Å². The number of fused-ring (bicyclic) bond motifs is 1. The van der Waals surface area contributed by atoms with Gasteiger partial charge in [-0.15, -0.1) is 10.2 Å². The maximum atomic E-state index is 8.87. The van der Waals surface area contributed by atoms with Crippen LogP contribution in [0.4, 0.5) is 0 Å². The molecule has 0 N–H and O–H groups in total. The van der Waals surface area contributed by atoms with Gasteiger partial charge < -0.3 is 0 Å². The van der Waals surface area contributed by atoms with Crippen LogP contribution in [0.3, 0.4) is 0 Å². The Morgan fingerprint density at radius 2 is 2.11 bits per heavy atom. The molecular weight excluding hydrogens is 256 g/mol. The molecule has 0 aliphatic heterocycles. The largest absolute Gasteiger partial charge is 0.277 e. The van der Waals surface area contributed by atoms with Gasteiger partial charge in [-0.25, -0.2) is 0 Å². The molecule has 0 saturated heterocycles. The van der Waals surface area contributed by atoms with E-state index in [2.05, 4.69) is 16.3 Å². The second-order valence-corrected chi connectivity index (χ2v) is 4.95. The van der Waals surface area contributed by atoms with Crippen LogP contribution < -0.4 is 0 Å². The van der Waals surface area contributed by atoms with Crippen molar-refractivity contribution in [2.24, 2.45) is 0 Å². The molecule has 0 aliphatic carbocycles. The summed E-state index contributed by atoms with van der Waals surface area (Å²) < 4.78 is 1.96. The molecule has 0 aliphatic rings. The number of nitriles is 1. The lowest BCUT2D eigenvalue weighted by Gasteiger charge is -2.01. The zero-order valence-corrected chi connectivity index (χ0v) is 10.8. The zero-order valence-electron chi connectivity index (χ0n) is 10.0. The lowest BCUT2D eigenvalue weighted by Crippen LogP contribution is -1.88. The minimum atomic E-state index is 0.684. The minimum Gasteiger partial charge on any atom is -0.277 e. The second-order valence-electron chi connectivity index (χ2n) is 4.01. The number of nitrogens with zero attached hydrogens (tertiary/aromatic N) is 4. The smallest absolute Gasteiger partial charge is 0.195 e. The van der Waals surface area contributed by atoms with Gasteiger partial charge in [-0.1, -0.05) is 30.0 Å². The lowest BCUT2D eigenvalue weighted by molar-refractivity contribution is 0.921. The van der Waals surface area contributed by atoms with Gasteiger partial charge in [0.15, 0.2) is 10.8 Å². The molecule has 3 rings (SSSR count). The highest BCUT2D eigenvalue weighted by atomic mass is 32.2. The number of hydrogen-bond donors (Lipinski definition) is 0. The maximum absolute atomic E-state index is 8.87. The molecule has 0 unspecified atom stereocenters. The van der Waals surface area contributed by atoms with Crippen LogP contribution in [-0.2, 0) is 5.75 Å². The van der Waals surface area contributed by atoms with Crippen molar-refractivity contribution in [3.63, 3.8) is 0 Å². The van der Waals surface area contributed by atoms with Gasteiger partial charge in [0.05, 0.1) is 11.6 Å². The van der Waals surface area contributed by atoms with Crippen LogP contribution in [0.2, 0.25) is 0 Å². The summed E-state index contributed by atoms with van der Waals surface area (Å²) in [7, 11) is 0. The second kappa shape index (κ2) is 5.12. The van der Waals surface area contributed by atoms with E-state index in [4.69, 9.17) is 5.26 Å². The molecule has 0 fully saturated rings. The molecule has 5 heteroatoms. The van der Waals surface area contributed by atoms with Crippen molar-refractivity contribution >= 4 is 17.4 Å². The summed E-state index contributed by atoms with van der Waals surface area (Å²) in [6.45, 7) is 0. The highest BCUT2D eigenvalue weighted by Crippen LogP contribution is 2.21. The molecule has 0 bridgehead atoms. The third-order valence-corrected chi connectivity index (χ3v) is 3.72. The standard InChI is InChI=1S/C14H10N4S/c15-9-11-4-3-5-12(8-11)10-19-14-17-16-13-6-1-2-7-18(13)14/h1-8H,10H2. The van der Waals surface area contributed by atoms with Gasteiger partial charge in [0.25, 0.3) is 0 Å². The maximum Gasteiger partial charge on any atom is 0.195 e. The van der Waals surface area contributed by atoms with E-state index in [-0.39, 0.29) is 0 Å². The van der Waals surface area contributed by atoms with Gasteiger partial charge in [0.2, 0.25) is 0 Å². The highest BCUT2D eigenvalue weighted by Gasteiger charge is 2.05. The molecule has 3 aromatic rings. The van der Waals surface area contributed by atoms with E-state index in [9.17, 15) is 0 Å². The Kier molecular flexibility index (Phi) is 3.17. The molecule has 0 amide bonds.